The maximum Gasteiger partial charge on any atom is 0.361 e. The molecule has 0 bridgehead atoms. The highest BCUT2D eigenvalue weighted by Gasteiger charge is 2.25. The Balaban J connectivity index is 4.28. The van der Waals surface area contributed by atoms with Gasteiger partial charge in [0.25, 0.3) is 6.29 Å². The zero-order valence-corrected chi connectivity index (χ0v) is 42.1. The first-order valence-electron chi connectivity index (χ1n) is 25.8. The highest BCUT2D eigenvalue weighted by atomic mass is 16.7. The Morgan fingerprint density at radius 1 is 0.477 bits per heavy atom. The summed E-state index contributed by atoms with van der Waals surface area (Å²) in [5.74, 6) is -2.13. The maximum atomic E-state index is 12.7. The average Bonchev–Trinajstić information content (AvgIpc) is 3.27. The number of aliphatic carboxylic acids is 1. The first-order chi connectivity index (χ1) is 31.6. The Kier molecular flexibility index (Phi) is 44.4. The molecule has 0 spiro atoms. The summed E-state index contributed by atoms with van der Waals surface area (Å²) in [7, 11) is 5.93. The van der Waals surface area contributed by atoms with E-state index in [4.69, 9.17) is 18.9 Å². The van der Waals surface area contributed by atoms with Crippen LogP contribution in [-0.2, 0) is 33.3 Å². The predicted molar refractivity (Wildman–Crippen MR) is 272 cm³/mol. The molecule has 2 unspecified atom stereocenters. The molecule has 9 nitrogen and oxygen atoms in total. The molecule has 0 aromatic heterocycles. The van der Waals surface area contributed by atoms with Gasteiger partial charge in [0.2, 0.25) is 0 Å². The number of carboxylic acids is 1. The minimum atomic E-state index is -1.53. The van der Waals surface area contributed by atoms with Crippen LogP contribution in [0.4, 0.5) is 0 Å². The molecule has 0 saturated heterocycles. The van der Waals surface area contributed by atoms with E-state index in [0.717, 1.165) is 57.8 Å². The molecule has 0 aliphatic heterocycles. The second-order valence-electron chi connectivity index (χ2n) is 18.1. The zero-order valence-electron chi connectivity index (χ0n) is 42.1. The standard InChI is InChI=1S/C56H95NO8/c1-6-8-10-12-14-16-18-20-21-22-23-24-25-26-27-28-29-30-31-32-33-35-36-38-40-42-44-46-53(58)63-50-52(51-64-56(55(60)61)62-49-48-57(3,4)5)65-54(59)47-45-43-41-39-37-34-19-17-15-13-11-9-7-2/h9,11,15,17-18,20,22-23,25-26,34,37,41,43,52,56H,6-8,10,12-14,16,19,21,24,27-33,35-36,38-40,42,44-51H2,1-5H3/p+1/b11-9-,17-15-,20-18-,23-22-,26-25-,37-34-,43-41-. The predicted octanol–water partition coefficient (Wildman–Crippen LogP) is 14.4. The van der Waals surface area contributed by atoms with Gasteiger partial charge < -0.3 is 28.5 Å². The molecule has 65 heavy (non-hydrogen) atoms. The largest absolute Gasteiger partial charge is 0.477 e. The van der Waals surface area contributed by atoms with Crippen molar-refractivity contribution >= 4 is 17.9 Å². The van der Waals surface area contributed by atoms with Crippen molar-refractivity contribution in [1.29, 1.82) is 0 Å². The Morgan fingerprint density at radius 2 is 0.908 bits per heavy atom. The van der Waals surface area contributed by atoms with Gasteiger partial charge in [0, 0.05) is 12.8 Å². The number of likely N-dealkylation sites (N-methyl/N-ethyl adjacent to an activating group) is 1. The quantitative estimate of drug-likeness (QED) is 0.0211. The summed E-state index contributed by atoms with van der Waals surface area (Å²) in [6, 6.07) is 0. The third kappa shape index (κ3) is 48.2. The second kappa shape index (κ2) is 47.0. The number of carbonyl (C=O) groups is 3. The van der Waals surface area contributed by atoms with E-state index < -0.39 is 24.3 Å². The van der Waals surface area contributed by atoms with Crippen LogP contribution in [0.15, 0.2) is 85.1 Å². The molecule has 0 heterocycles. The lowest BCUT2D eigenvalue weighted by Gasteiger charge is -2.25. The molecular formula is C56H96NO8+. The summed E-state index contributed by atoms with van der Waals surface area (Å²) < 4.78 is 22.7. The fourth-order valence-corrected chi connectivity index (χ4v) is 6.68. The van der Waals surface area contributed by atoms with Gasteiger partial charge in [-0.25, -0.2) is 4.79 Å². The molecule has 0 radical (unpaired) electrons. The van der Waals surface area contributed by atoms with Crippen LogP contribution in [0, 0.1) is 0 Å². The lowest BCUT2D eigenvalue weighted by molar-refractivity contribution is -0.870. The van der Waals surface area contributed by atoms with E-state index in [0.29, 0.717) is 17.4 Å². The molecule has 1 N–H and O–H groups in total. The first kappa shape index (κ1) is 61.5. The highest BCUT2D eigenvalue weighted by molar-refractivity contribution is 5.71. The number of hydrogen-bond donors (Lipinski definition) is 1. The zero-order chi connectivity index (χ0) is 47.7. The minimum Gasteiger partial charge on any atom is -0.477 e. The topological polar surface area (TPSA) is 108 Å². The Labute approximate surface area is 398 Å². The number of carbonyl (C=O) groups excluding carboxylic acids is 2. The summed E-state index contributed by atoms with van der Waals surface area (Å²) >= 11 is 0. The van der Waals surface area contributed by atoms with Gasteiger partial charge in [-0.2, -0.15) is 0 Å². The lowest BCUT2D eigenvalue weighted by atomic mass is 10.0. The molecule has 0 rings (SSSR count). The van der Waals surface area contributed by atoms with Crippen molar-refractivity contribution in [2.45, 2.75) is 206 Å². The van der Waals surface area contributed by atoms with Gasteiger partial charge in [0.15, 0.2) is 6.10 Å². The third-order valence-corrected chi connectivity index (χ3v) is 10.6. The first-order valence-corrected chi connectivity index (χ1v) is 25.8. The molecule has 0 aromatic carbocycles. The van der Waals surface area contributed by atoms with Crippen LogP contribution in [-0.4, -0.2) is 87.4 Å². The van der Waals surface area contributed by atoms with Crippen LogP contribution >= 0.6 is 0 Å². The van der Waals surface area contributed by atoms with Crippen LogP contribution in [0.1, 0.15) is 194 Å². The summed E-state index contributed by atoms with van der Waals surface area (Å²) in [6.45, 7) is 4.64. The van der Waals surface area contributed by atoms with Crippen molar-refractivity contribution in [3.05, 3.63) is 85.1 Å². The van der Waals surface area contributed by atoms with Crippen LogP contribution in [0.3, 0.4) is 0 Å². The fraction of sp³-hybridized carbons (Fsp3) is 0.696. The minimum absolute atomic E-state index is 0.135. The number of hydrogen-bond acceptors (Lipinski definition) is 7. The maximum absolute atomic E-state index is 12.7. The van der Waals surface area contributed by atoms with Crippen LogP contribution in [0.5, 0.6) is 0 Å². The molecule has 9 heteroatoms. The van der Waals surface area contributed by atoms with Crippen molar-refractivity contribution in [1.82, 2.24) is 0 Å². The van der Waals surface area contributed by atoms with Gasteiger partial charge in [0.05, 0.1) is 34.4 Å². The molecular weight excluding hydrogens is 815 g/mol. The van der Waals surface area contributed by atoms with E-state index in [1.807, 2.05) is 33.3 Å². The Bertz CT molecular complexity index is 1340. The van der Waals surface area contributed by atoms with E-state index in [1.54, 1.807) is 0 Å². The molecule has 0 amide bonds. The molecule has 0 fully saturated rings. The number of allylic oxidation sites excluding steroid dienone is 14. The van der Waals surface area contributed by atoms with E-state index in [-0.39, 0.29) is 38.6 Å². The van der Waals surface area contributed by atoms with Gasteiger partial charge in [-0.05, 0) is 77.0 Å². The van der Waals surface area contributed by atoms with E-state index in [2.05, 4.69) is 86.8 Å². The smallest absolute Gasteiger partial charge is 0.361 e. The SMILES string of the molecule is CC/C=C\C/C=C\C/C=C\C/C=C\CCC(=O)OC(COC(=O)CCCCCCCCCCCCCC/C=C\C/C=C\C/C=C\CCCCCCC)COC(OCC[N+](C)(C)C)C(=O)O. The van der Waals surface area contributed by atoms with E-state index in [9.17, 15) is 19.5 Å². The molecule has 0 aromatic rings. The third-order valence-electron chi connectivity index (χ3n) is 10.6. The number of quaternary nitrogens is 1. The van der Waals surface area contributed by atoms with Gasteiger partial charge in [0.1, 0.15) is 13.2 Å². The lowest BCUT2D eigenvalue weighted by Crippen LogP contribution is -2.40. The number of esters is 2. The van der Waals surface area contributed by atoms with Crippen molar-refractivity contribution in [3.63, 3.8) is 0 Å². The van der Waals surface area contributed by atoms with Crippen LogP contribution in [0.2, 0.25) is 0 Å². The van der Waals surface area contributed by atoms with Crippen molar-refractivity contribution in [2.24, 2.45) is 0 Å². The number of carboxylic acid groups (broad SMARTS) is 1. The van der Waals surface area contributed by atoms with Gasteiger partial charge >= 0.3 is 17.9 Å². The molecule has 0 aliphatic carbocycles. The average molecular weight is 911 g/mol. The number of rotatable bonds is 46. The number of nitrogens with zero attached hydrogens (tertiary/aromatic N) is 1. The second-order valence-corrected chi connectivity index (χ2v) is 18.1. The normalized spacial score (nSPS) is 13.6. The van der Waals surface area contributed by atoms with E-state index in [1.165, 1.54) is 103 Å². The molecule has 372 valence electrons. The number of unbranched alkanes of at least 4 members (excludes halogenated alkanes) is 17. The summed E-state index contributed by atoms with van der Waals surface area (Å²) in [5, 5.41) is 9.65. The summed E-state index contributed by atoms with van der Waals surface area (Å²) in [5.41, 5.74) is 0. The van der Waals surface area contributed by atoms with Crippen molar-refractivity contribution < 1.29 is 42.9 Å². The van der Waals surface area contributed by atoms with Crippen LogP contribution in [0.25, 0.3) is 0 Å². The van der Waals surface area contributed by atoms with Crippen molar-refractivity contribution in [2.75, 3.05) is 47.5 Å². The van der Waals surface area contributed by atoms with Gasteiger partial charge in [-0.3, -0.25) is 9.59 Å². The molecule has 0 aliphatic rings. The van der Waals surface area contributed by atoms with Crippen molar-refractivity contribution in [3.8, 4) is 0 Å². The van der Waals surface area contributed by atoms with Crippen LogP contribution < -0.4 is 0 Å². The molecule has 0 saturated carbocycles. The van der Waals surface area contributed by atoms with Gasteiger partial charge in [-0.1, -0.05) is 189 Å². The highest BCUT2D eigenvalue weighted by Crippen LogP contribution is 2.14. The summed E-state index contributed by atoms with van der Waals surface area (Å²) in [4.78, 5) is 37.2. The van der Waals surface area contributed by atoms with Gasteiger partial charge in [-0.15, -0.1) is 0 Å². The monoisotopic (exact) mass is 911 g/mol. The Hall–Kier alpha value is -3.53. The fourth-order valence-electron chi connectivity index (χ4n) is 6.68. The summed E-state index contributed by atoms with van der Waals surface area (Å²) in [6.07, 6.45) is 58.2. The number of ether oxygens (including phenoxy) is 4. The van der Waals surface area contributed by atoms with E-state index >= 15 is 0 Å². The Morgan fingerprint density at radius 3 is 1.37 bits per heavy atom. The molecule has 2 atom stereocenters.